The third kappa shape index (κ3) is 20.8. The van der Waals surface area contributed by atoms with Crippen LogP contribution in [0.15, 0.2) is 30.5 Å². The molecule has 0 atom stereocenters. The number of unbranched alkanes of at least 4 members (excludes halogenated alkanes) is 9. The van der Waals surface area contributed by atoms with E-state index in [2.05, 4.69) is 34.3 Å². The van der Waals surface area contributed by atoms with Gasteiger partial charge in [0, 0.05) is 32.7 Å². The summed E-state index contributed by atoms with van der Waals surface area (Å²) in [5.41, 5.74) is 1.47. The Morgan fingerprint density at radius 1 is 0.706 bits per heavy atom. The third-order valence-corrected chi connectivity index (χ3v) is 8.56. The molecular formula is C39H67N5O7. The number of carbonyl (C=O) groups is 1. The summed E-state index contributed by atoms with van der Waals surface area (Å²) < 4.78 is 35.8. The zero-order valence-electron chi connectivity index (χ0n) is 32.2. The van der Waals surface area contributed by atoms with Crippen molar-refractivity contribution in [2.75, 3.05) is 85.6 Å². The number of rotatable bonds is 28. The van der Waals surface area contributed by atoms with Crippen LogP contribution >= 0.6 is 0 Å². The first-order valence-electron chi connectivity index (χ1n) is 19.4. The molecule has 12 nitrogen and oxygen atoms in total. The molecular weight excluding hydrogens is 650 g/mol. The molecule has 1 saturated heterocycles. The summed E-state index contributed by atoms with van der Waals surface area (Å²) in [4.78, 5) is 16.3. The molecule has 51 heavy (non-hydrogen) atoms. The quantitative estimate of drug-likeness (QED) is 0.0878. The van der Waals surface area contributed by atoms with Gasteiger partial charge in [0.25, 0.3) is 0 Å². The van der Waals surface area contributed by atoms with E-state index in [9.17, 15) is 4.79 Å². The largest absolute Gasteiger partial charge is 0.494 e. The number of piperazine rings is 1. The Bertz CT molecular complexity index is 1150. The second-order valence-corrected chi connectivity index (χ2v) is 14.3. The van der Waals surface area contributed by atoms with Gasteiger partial charge < -0.3 is 33.3 Å². The molecule has 0 spiro atoms. The molecule has 1 amide bonds. The van der Waals surface area contributed by atoms with Gasteiger partial charge in [-0.3, -0.25) is 4.90 Å². The smallest absolute Gasteiger partial charge is 0.410 e. The Labute approximate surface area is 307 Å². The minimum atomic E-state index is -0.465. The van der Waals surface area contributed by atoms with Gasteiger partial charge in [0.05, 0.1) is 72.2 Å². The Morgan fingerprint density at radius 2 is 1.27 bits per heavy atom. The van der Waals surface area contributed by atoms with Crippen LogP contribution < -0.4 is 4.74 Å². The minimum Gasteiger partial charge on any atom is -0.494 e. The molecule has 290 valence electrons. The van der Waals surface area contributed by atoms with Gasteiger partial charge in [-0.25, -0.2) is 9.48 Å². The molecule has 1 fully saturated rings. The standard InChI is InChI=1S/C39H67N5O7/c1-5-6-7-8-9-10-11-12-13-14-24-50-37-17-15-35(16-18-37)32-44-33-36(40-41-44)34-49-31-30-48-29-28-47-27-26-46-25-23-42-19-21-43(22-20-42)38(45)51-39(2,3)4/h15-18,33H,5-14,19-32,34H2,1-4H3. The molecule has 2 heterocycles. The minimum absolute atomic E-state index is 0.235. The lowest BCUT2D eigenvalue weighted by atomic mass is 10.1. The van der Waals surface area contributed by atoms with Crippen molar-refractivity contribution in [1.82, 2.24) is 24.8 Å². The van der Waals surface area contributed by atoms with Crippen molar-refractivity contribution >= 4 is 6.09 Å². The van der Waals surface area contributed by atoms with Crippen molar-refractivity contribution in [1.29, 1.82) is 0 Å². The SMILES string of the molecule is CCCCCCCCCCCCOc1ccc(Cn2cc(COCCOCCOCCOCCN3CCN(C(=O)OC(C)(C)C)CC3)nn2)cc1. The predicted molar refractivity (Wildman–Crippen MR) is 199 cm³/mol. The summed E-state index contributed by atoms with van der Waals surface area (Å²) in [6, 6.07) is 8.24. The van der Waals surface area contributed by atoms with Gasteiger partial charge in [-0.1, -0.05) is 82.1 Å². The van der Waals surface area contributed by atoms with Gasteiger partial charge in [0.15, 0.2) is 0 Å². The first-order valence-corrected chi connectivity index (χ1v) is 19.4. The van der Waals surface area contributed by atoms with Crippen molar-refractivity contribution in [2.24, 2.45) is 0 Å². The molecule has 1 aromatic heterocycles. The van der Waals surface area contributed by atoms with Crippen LogP contribution in [0.5, 0.6) is 5.75 Å². The van der Waals surface area contributed by atoms with Crippen LogP contribution in [0.25, 0.3) is 0 Å². The lowest BCUT2D eigenvalue weighted by Gasteiger charge is -2.35. The molecule has 0 unspecified atom stereocenters. The molecule has 1 aliphatic rings. The topological polar surface area (TPSA) is 110 Å². The molecule has 0 radical (unpaired) electrons. The second kappa shape index (κ2) is 26.1. The Hall–Kier alpha value is -2.77. The molecule has 0 aliphatic carbocycles. The van der Waals surface area contributed by atoms with E-state index in [1.54, 1.807) is 4.90 Å². The fraction of sp³-hybridized carbons (Fsp3) is 0.769. The van der Waals surface area contributed by atoms with E-state index in [1.165, 1.54) is 57.8 Å². The average Bonchev–Trinajstić information content (AvgIpc) is 3.56. The molecule has 3 rings (SSSR count). The lowest BCUT2D eigenvalue weighted by Crippen LogP contribution is -2.50. The van der Waals surface area contributed by atoms with Crippen LogP contribution in [-0.4, -0.2) is 122 Å². The number of aromatic nitrogens is 3. The van der Waals surface area contributed by atoms with E-state index in [0.29, 0.717) is 72.5 Å². The van der Waals surface area contributed by atoms with Crippen LogP contribution in [-0.2, 0) is 36.8 Å². The normalized spacial score (nSPS) is 13.9. The maximum atomic E-state index is 12.2. The van der Waals surface area contributed by atoms with Crippen molar-refractivity contribution in [2.45, 2.75) is 111 Å². The van der Waals surface area contributed by atoms with Gasteiger partial charge in [0.2, 0.25) is 0 Å². The molecule has 0 bridgehead atoms. The van der Waals surface area contributed by atoms with E-state index in [1.807, 2.05) is 43.8 Å². The first-order chi connectivity index (χ1) is 24.8. The number of carbonyl (C=O) groups excluding carboxylic acids is 1. The zero-order valence-corrected chi connectivity index (χ0v) is 32.2. The van der Waals surface area contributed by atoms with Gasteiger partial charge in [-0.2, -0.15) is 0 Å². The Morgan fingerprint density at radius 3 is 1.88 bits per heavy atom. The monoisotopic (exact) mass is 718 g/mol. The Kier molecular flexibility index (Phi) is 21.8. The number of nitrogens with zero attached hydrogens (tertiary/aromatic N) is 5. The maximum Gasteiger partial charge on any atom is 0.410 e. The molecule has 1 aliphatic heterocycles. The number of amides is 1. The fourth-order valence-corrected chi connectivity index (χ4v) is 5.65. The lowest BCUT2D eigenvalue weighted by molar-refractivity contribution is -0.00881. The van der Waals surface area contributed by atoms with Gasteiger partial charge in [-0.15, -0.1) is 5.10 Å². The first kappa shape index (κ1) is 42.6. The van der Waals surface area contributed by atoms with E-state index in [4.69, 9.17) is 28.4 Å². The summed E-state index contributed by atoms with van der Waals surface area (Å²) in [7, 11) is 0. The van der Waals surface area contributed by atoms with E-state index in [0.717, 1.165) is 49.7 Å². The Balaban J connectivity index is 1.08. The molecule has 1 aromatic carbocycles. The highest BCUT2D eigenvalue weighted by molar-refractivity contribution is 5.68. The van der Waals surface area contributed by atoms with Crippen LogP contribution in [0, 0.1) is 0 Å². The molecule has 0 N–H and O–H groups in total. The number of ether oxygens (including phenoxy) is 6. The fourth-order valence-electron chi connectivity index (χ4n) is 5.65. The van der Waals surface area contributed by atoms with Gasteiger partial charge >= 0.3 is 6.09 Å². The summed E-state index contributed by atoms with van der Waals surface area (Å²) in [6.45, 7) is 17.3. The van der Waals surface area contributed by atoms with Crippen LogP contribution in [0.2, 0.25) is 0 Å². The average molecular weight is 718 g/mol. The number of hydrogen-bond donors (Lipinski definition) is 0. The summed E-state index contributed by atoms with van der Waals surface area (Å²) in [6.07, 6.45) is 15.0. The van der Waals surface area contributed by atoms with Crippen LogP contribution in [0.3, 0.4) is 0 Å². The van der Waals surface area contributed by atoms with Crippen molar-refractivity contribution < 1.29 is 33.2 Å². The highest BCUT2D eigenvalue weighted by Gasteiger charge is 2.25. The molecule has 0 saturated carbocycles. The van der Waals surface area contributed by atoms with Crippen molar-refractivity contribution in [3.63, 3.8) is 0 Å². The summed E-state index contributed by atoms with van der Waals surface area (Å²) in [5.74, 6) is 0.918. The number of hydrogen-bond acceptors (Lipinski definition) is 10. The molecule has 12 heteroatoms. The number of benzene rings is 1. The second-order valence-electron chi connectivity index (χ2n) is 14.3. The van der Waals surface area contributed by atoms with E-state index < -0.39 is 5.60 Å². The summed E-state index contributed by atoms with van der Waals surface area (Å²) in [5, 5.41) is 8.47. The van der Waals surface area contributed by atoms with E-state index in [-0.39, 0.29) is 6.09 Å². The van der Waals surface area contributed by atoms with Gasteiger partial charge in [0.1, 0.15) is 17.0 Å². The van der Waals surface area contributed by atoms with Gasteiger partial charge in [-0.05, 0) is 44.9 Å². The van der Waals surface area contributed by atoms with Crippen LogP contribution in [0.4, 0.5) is 4.79 Å². The van der Waals surface area contributed by atoms with Crippen molar-refractivity contribution in [3.05, 3.63) is 41.7 Å². The molecule has 2 aromatic rings. The van der Waals surface area contributed by atoms with Crippen molar-refractivity contribution in [3.8, 4) is 5.75 Å². The highest BCUT2D eigenvalue weighted by Crippen LogP contribution is 2.15. The summed E-state index contributed by atoms with van der Waals surface area (Å²) >= 11 is 0. The van der Waals surface area contributed by atoms with E-state index >= 15 is 0 Å². The maximum absolute atomic E-state index is 12.2. The van der Waals surface area contributed by atoms with Crippen LogP contribution in [0.1, 0.15) is 103 Å². The third-order valence-electron chi connectivity index (χ3n) is 8.56. The predicted octanol–water partition coefficient (Wildman–Crippen LogP) is 6.75. The highest BCUT2D eigenvalue weighted by atomic mass is 16.6. The zero-order chi connectivity index (χ0) is 36.4.